The summed E-state index contributed by atoms with van der Waals surface area (Å²) in [6.45, 7) is 0.855. The van der Waals surface area contributed by atoms with Gasteiger partial charge in [-0.15, -0.1) is 0 Å². The molecule has 1 aliphatic rings. The number of hydrogen-bond donors (Lipinski definition) is 1. The standard InChI is InChI=1S/C21H19N3O3/c1-27-20(25)19-15-9-5-6-10-17(15)23-18-11-12-24(13-16(18)19)21(26)22-14-7-3-2-4-8-14/h2-10H,11-13H2,1H3,(H,22,26). The van der Waals surface area contributed by atoms with E-state index in [1.165, 1.54) is 7.11 Å². The van der Waals surface area contributed by atoms with Crippen molar-refractivity contribution in [1.29, 1.82) is 0 Å². The van der Waals surface area contributed by atoms with E-state index in [0.29, 0.717) is 25.1 Å². The summed E-state index contributed by atoms with van der Waals surface area (Å²) < 4.78 is 5.02. The molecular weight excluding hydrogens is 342 g/mol. The van der Waals surface area contributed by atoms with E-state index in [-0.39, 0.29) is 6.03 Å². The van der Waals surface area contributed by atoms with Crippen LogP contribution in [0.15, 0.2) is 54.6 Å². The quantitative estimate of drug-likeness (QED) is 0.708. The Bertz CT molecular complexity index is 1020. The van der Waals surface area contributed by atoms with Gasteiger partial charge in [0.2, 0.25) is 0 Å². The number of urea groups is 1. The van der Waals surface area contributed by atoms with E-state index >= 15 is 0 Å². The Morgan fingerprint density at radius 2 is 1.81 bits per heavy atom. The molecule has 27 heavy (non-hydrogen) atoms. The van der Waals surface area contributed by atoms with Crippen molar-refractivity contribution in [3.63, 3.8) is 0 Å². The fourth-order valence-corrected chi connectivity index (χ4v) is 3.42. The zero-order valence-corrected chi connectivity index (χ0v) is 14.9. The largest absolute Gasteiger partial charge is 0.465 e. The number of amides is 2. The van der Waals surface area contributed by atoms with Gasteiger partial charge in [0.1, 0.15) is 0 Å². The van der Waals surface area contributed by atoms with Crippen LogP contribution in [0.2, 0.25) is 0 Å². The highest BCUT2D eigenvalue weighted by atomic mass is 16.5. The average Bonchev–Trinajstić information content (AvgIpc) is 2.71. The van der Waals surface area contributed by atoms with Crippen molar-refractivity contribution in [2.24, 2.45) is 0 Å². The van der Waals surface area contributed by atoms with Crippen LogP contribution in [0.5, 0.6) is 0 Å². The molecule has 2 heterocycles. The molecule has 1 N–H and O–H groups in total. The van der Waals surface area contributed by atoms with Crippen LogP contribution in [0.1, 0.15) is 21.6 Å². The Labute approximate surface area is 156 Å². The molecule has 3 aromatic rings. The van der Waals surface area contributed by atoms with Crippen molar-refractivity contribution in [3.8, 4) is 0 Å². The van der Waals surface area contributed by atoms with Gasteiger partial charge in [0, 0.05) is 35.3 Å². The molecule has 1 aliphatic heterocycles. The third-order valence-electron chi connectivity index (χ3n) is 4.75. The number of rotatable bonds is 2. The number of ether oxygens (including phenoxy) is 1. The summed E-state index contributed by atoms with van der Waals surface area (Å²) in [6, 6.07) is 16.6. The number of hydrogen-bond acceptors (Lipinski definition) is 4. The minimum atomic E-state index is -0.407. The van der Waals surface area contributed by atoms with Gasteiger partial charge < -0.3 is 15.0 Å². The normalized spacial score (nSPS) is 13.1. The van der Waals surface area contributed by atoms with E-state index in [9.17, 15) is 9.59 Å². The van der Waals surface area contributed by atoms with Crippen LogP contribution in [0.4, 0.5) is 10.5 Å². The second-order valence-corrected chi connectivity index (χ2v) is 6.39. The Hall–Kier alpha value is -3.41. The molecule has 1 aromatic heterocycles. The van der Waals surface area contributed by atoms with E-state index < -0.39 is 5.97 Å². The van der Waals surface area contributed by atoms with Crippen molar-refractivity contribution in [1.82, 2.24) is 9.88 Å². The fraction of sp³-hybridized carbons (Fsp3) is 0.190. The lowest BCUT2D eigenvalue weighted by Crippen LogP contribution is -2.40. The summed E-state index contributed by atoms with van der Waals surface area (Å²) in [7, 11) is 1.37. The topological polar surface area (TPSA) is 71.5 Å². The predicted octanol–water partition coefficient (Wildman–Crippen LogP) is 3.61. The summed E-state index contributed by atoms with van der Waals surface area (Å²) >= 11 is 0. The second kappa shape index (κ2) is 7.07. The van der Waals surface area contributed by atoms with Gasteiger partial charge >= 0.3 is 12.0 Å². The van der Waals surface area contributed by atoms with Gasteiger partial charge in [-0.2, -0.15) is 0 Å². The van der Waals surface area contributed by atoms with E-state index in [1.54, 1.807) is 4.90 Å². The maximum Gasteiger partial charge on any atom is 0.338 e. The molecule has 4 rings (SSSR count). The Morgan fingerprint density at radius 1 is 1.07 bits per heavy atom. The Morgan fingerprint density at radius 3 is 2.59 bits per heavy atom. The lowest BCUT2D eigenvalue weighted by Gasteiger charge is -2.30. The fourth-order valence-electron chi connectivity index (χ4n) is 3.42. The SMILES string of the molecule is COC(=O)c1c2c(nc3ccccc13)CCN(C(=O)Nc1ccccc1)C2. The smallest absolute Gasteiger partial charge is 0.338 e. The minimum absolute atomic E-state index is 0.198. The first kappa shape index (κ1) is 17.0. The zero-order valence-electron chi connectivity index (χ0n) is 14.9. The molecule has 0 unspecified atom stereocenters. The second-order valence-electron chi connectivity index (χ2n) is 6.39. The van der Waals surface area contributed by atoms with Crippen LogP contribution in [0.25, 0.3) is 10.9 Å². The molecule has 0 saturated heterocycles. The van der Waals surface area contributed by atoms with Crippen LogP contribution in [-0.2, 0) is 17.7 Å². The van der Waals surface area contributed by atoms with Gasteiger partial charge in [-0.1, -0.05) is 36.4 Å². The number of carbonyl (C=O) groups is 2. The first-order valence-corrected chi connectivity index (χ1v) is 8.77. The lowest BCUT2D eigenvalue weighted by atomic mass is 9.96. The summed E-state index contributed by atoms with van der Waals surface area (Å²) in [5, 5.41) is 3.64. The summed E-state index contributed by atoms with van der Waals surface area (Å²) in [5.41, 5.74) is 3.60. The molecule has 136 valence electrons. The van der Waals surface area contributed by atoms with E-state index in [2.05, 4.69) is 5.32 Å². The molecule has 0 spiro atoms. The van der Waals surface area contributed by atoms with Crippen molar-refractivity contribution >= 4 is 28.6 Å². The third-order valence-corrected chi connectivity index (χ3v) is 4.75. The van der Waals surface area contributed by atoms with E-state index in [4.69, 9.17) is 9.72 Å². The van der Waals surface area contributed by atoms with Gasteiger partial charge in [-0.3, -0.25) is 4.98 Å². The van der Waals surface area contributed by atoms with Crippen molar-refractivity contribution in [3.05, 3.63) is 71.4 Å². The number of nitrogens with zero attached hydrogens (tertiary/aromatic N) is 2. The first-order chi connectivity index (χ1) is 13.2. The number of anilines is 1. The average molecular weight is 361 g/mol. The van der Waals surface area contributed by atoms with Gasteiger partial charge in [0.05, 0.1) is 24.7 Å². The highest BCUT2D eigenvalue weighted by Crippen LogP contribution is 2.29. The maximum atomic E-state index is 12.7. The Kier molecular flexibility index (Phi) is 4.46. The summed E-state index contributed by atoms with van der Waals surface area (Å²) in [5.74, 6) is -0.407. The lowest BCUT2D eigenvalue weighted by molar-refractivity contribution is 0.0600. The number of fused-ring (bicyclic) bond motifs is 2. The molecule has 0 saturated carbocycles. The summed E-state index contributed by atoms with van der Waals surface area (Å²) in [6.07, 6.45) is 0.590. The third kappa shape index (κ3) is 3.21. The maximum absolute atomic E-state index is 12.7. The van der Waals surface area contributed by atoms with Crippen molar-refractivity contribution in [2.45, 2.75) is 13.0 Å². The molecule has 2 amide bonds. The van der Waals surface area contributed by atoms with Crippen molar-refractivity contribution in [2.75, 3.05) is 19.0 Å². The molecule has 2 aromatic carbocycles. The Balaban J connectivity index is 1.70. The summed E-state index contributed by atoms with van der Waals surface area (Å²) in [4.78, 5) is 31.6. The molecular formula is C21H19N3O3. The van der Waals surface area contributed by atoms with Crippen LogP contribution < -0.4 is 5.32 Å². The molecule has 0 bridgehead atoms. The van der Waals surface area contributed by atoms with Gasteiger partial charge in [0.15, 0.2) is 0 Å². The monoisotopic (exact) mass is 361 g/mol. The number of aromatic nitrogens is 1. The number of carbonyl (C=O) groups excluding carboxylic acids is 2. The number of para-hydroxylation sites is 2. The van der Waals surface area contributed by atoms with Crippen LogP contribution in [0, 0.1) is 0 Å². The first-order valence-electron chi connectivity index (χ1n) is 8.77. The number of pyridine rings is 1. The number of esters is 1. The molecule has 0 radical (unpaired) electrons. The van der Waals surface area contributed by atoms with E-state index in [1.807, 2.05) is 54.6 Å². The molecule has 0 aliphatic carbocycles. The number of benzene rings is 2. The minimum Gasteiger partial charge on any atom is -0.465 e. The molecule has 0 fully saturated rings. The highest BCUT2D eigenvalue weighted by Gasteiger charge is 2.28. The number of methoxy groups -OCH3 is 1. The van der Waals surface area contributed by atoms with E-state index in [0.717, 1.165) is 27.8 Å². The molecule has 6 nitrogen and oxygen atoms in total. The molecule has 0 atom stereocenters. The predicted molar refractivity (Wildman–Crippen MR) is 103 cm³/mol. The highest BCUT2D eigenvalue weighted by molar-refractivity contribution is 6.05. The van der Waals surface area contributed by atoms with Crippen molar-refractivity contribution < 1.29 is 14.3 Å². The van der Waals surface area contributed by atoms with Gasteiger partial charge in [-0.25, -0.2) is 9.59 Å². The number of nitrogens with one attached hydrogen (secondary N) is 1. The van der Waals surface area contributed by atoms with Crippen LogP contribution >= 0.6 is 0 Å². The van der Waals surface area contributed by atoms with Crippen LogP contribution in [-0.4, -0.2) is 35.5 Å². The van der Waals surface area contributed by atoms with Gasteiger partial charge in [0.25, 0.3) is 0 Å². The zero-order chi connectivity index (χ0) is 18.8. The van der Waals surface area contributed by atoms with Gasteiger partial charge in [-0.05, 0) is 18.2 Å². The van der Waals surface area contributed by atoms with Crippen LogP contribution in [0.3, 0.4) is 0 Å². The molecule has 6 heteroatoms.